The number of aliphatic carboxylic acids is 1. The van der Waals surface area contributed by atoms with Crippen LogP contribution < -0.4 is 5.32 Å². The van der Waals surface area contributed by atoms with Crippen LogP contribution in [0.1, 0.15) is 40.0 Å². The van der Waals surface area contributed by atoms with Gasteiger partial charge in [0.1, 0.15) is 0 Å². The fourth-order valence-corrected chi connectivity index (χ4v) is 2.80. The van der Waals surface area contributed by atoms with Crippen molar-refractivity contribution < 1.29 is 14.7 Å². The van der Waals surface area contributed by atoms with Gasteiger partial charge >= 0.3 is 12.0 Å². The standard InChI is InChI=1S/C15H29N3O3/c1-4-17(5-2)13-8-10-18(11-13)15(21)16-9-6-7-12(3)14(19)20/h12-13H,4-11H2,1-3H3,(H,16,21)(H,19,20). The van der Waals surface area contributed by atoms with Crippen molar-refractivity contribution in [1.29, 1.82) is 0 Å². The molecule has 2 unspecified atom stereocenters. The van der Waals surface area contributed by atoms with Gasteiger partial charge in [-0.1, -0.05) is 20.8 Å². The molecule has 1 saturated heterocycles. The molecule has 1 aliphatic heterocycles. The summed E-state index contributed by atoms with van der Waals surface area (Å²) < 4.78 is 0. The molecule has 1 fully saturated rings. The SMILES string of the molecule is CCN(CC)C1CCN(C(=O)NCCCC(C)C(=O)O)C1. The van der Waals surface area contributed by atoms with Crippen LogP contribution in [0.4, 0.5) is 4.79 Å². The molecule has 0 aromatic heterocycles. The fourth-order valence-electron chi connectivity index (χ4n) is 2.80. The van der Waals surface area contributed by atoms with E-state index in [0.29, 0.717) is 25.4 Å². The van der Waals surface area contributed by atoms with E-state index in [1.54, 1.807) is 6.92 Å². The predicted molar refractivity (Wildman–Crippen MR) is 82.3 cm³/mol. The van der Waals surface area contributed by atoms with Gasteiger partial charge in [-0.05, 0) is 32.4 Å². The van der Waals surface area contributed by atoms with Gasteiger partial charge in [0.25, 0.3) is 0 Å². The first-order chi connectivity index (χ1) is 9.99. The number of carboxylic acids is 1. The molecule has 0 radical (unpaired) electrons. The van der Waals surface area contributed by atoms with Gasteiger partial charge in [0, 0.05) is 25.7 Å². The second-order valence-corrected chi connectivity index (χ2v) is 5.72. The van der Waals surface area contributed by atoms with Crippen LogP contribution in [0.25, 0.3) is 0 Å². The molecule has 122 valence electrons. The lowest BCUT2D eigenvalue weighted by Gasteiger charge is -2.26. The van der Waals surface area contributed by atoms with Crippen LogP contribution in [0.5, 0.6) is 0 Å². The average molecular weight is 299 g/mol. The number of hydrogen-bond acceptors (Lipinski definition) is 3. The second-order valence-electron chi connectivity index (χ2n) is 5.72. The van der Waals surface area contributed by atoms with Gasteiger partial charge in [-0.3, -0.25) is 9.69 Å². The molecule has 0 saturated carbocycles. The maximum Gasteiger partial charge on any atom is 0.317 e. The number of carboxylic acid groups (broad SMARTS) is 1. The van der Waals surface area contributed by atoms with E-state index >= 15 is 0 Å². The third-order valence-corrected chi connectivity index (χ3v) is 4.29. The topological polar surface area (TPSA) is 72.9 Å². The highest BCUT2D eigenvalue weighted by atomic mass is 16.4. The predicted octanol–water partition coefficient (Wildman–Crippen LogP) is 1.61. The monoisotopic (exact) mass is 299 g/mol. The van der Waals surface area contributed by atoms with Gasteiger partial charge in [0.05, 0.1) is 5.92 Å². The number of urea groups is 1. The Hall–Kier alpha value is -1.30. The summed E-state index contributed by atoms with van der Waals surface area (Å²) in [6.07, 6.45) is 2.33. The first kappa shape index (κ1) is 17.8. The molecule has 0 aromatic rings. The number of likely N-dealkylation sites (tertiary alicyclic amines) is 1. The number of rotatable bonds is 8. The lowest BCUT2D eigenvalue weighted by molar-refractivity contribution is -0.141. The van der Waals surface area contributed by atoms with Crippen LogP contribution in [-0.4, -0.2) is 65.7 Å². The van der Waals surface area contributed by atoms with Crippen molar-refractivity contribution in [1.82, 2.24) is 15.1 Å². The maximum absolute atomic E-state index is 12.0. The first-order valence-electron chi connectivity index (χ1n) is 7.99. The van der Waals surface area contributed by atoms with Gasteiger partial charge in [0.2, 0.25) is 0 Å². The van der Waals surface area contributed by atoms with Crippen molar-refractivity contribution in [2.24, 2.45) is 5.92 Å². The lowest BCUT2D eigenvalue weighted by atomic mass is 10.1. The molecule has 1 heterocycles. The van der Waals surface area contributed by atoms with E-state index in [2.05, 4.69) is 24.1 Å². The van der Waals surface area contributed by atoms with Crippen LogP contribution in [0.3, 0.4) is 0 Å². The Morgan fingerprint density at radius 1 is 1.38 bits per heavy atom. The number of amides is 2. The number of nitrogens with one attached hydrogen (secondary N) is 1. The maximum atomic E-state index is 12.0. The molecule has 0 aromatic carbocycles. The summed E-state index contributed by atoms with van der Waals surface area (Å²) in [6, 6.07) is 0.449. The molecule has 21 heavy (non-hydrogen) atoms. The number of likely N-dealkylation sites (N-methyl/N-ethyl adjacent to an activating group) is 1. The Labute approximate surface area is 127 Å². The minimum Gasteiger partial charge on any atom is -0.481 e. The van der Waals surface area contributed by atoms with Gasteiger partial charge in [-0.2, -0.15) is 0 Å². The molecule has 6 heteroatoms. The number of nitrogens with zero attached hydrogens (tertiary/aromatic N) is 2. The first-order valence-corrected chi connectivity index (χ1v) is 7.99. The second kappa shape index (κ2) is 8.87. The highest BCUT2D eigenvalue weighted by Crippen LogP contribution is 2.15. The Morgan fingerprint density at radius 2 is 2.05 bits per heavy atom. The zero-order valence-electron chi connectivity index (χ0n) is 13.5. The summed E-state index contributed by atoms with van der Waals surface area (Å²) in [5.41, 5.74) is 0. The average Bonchev–Trinajstić information content (AvgIpc) is 2.94. The van der Waals surface area contributed by atoms with Crippen molar-refractivity contribution in [3.8, 4) is 0 Å². The van der Waals surface area contributed by atoms with Gasteiger partial charge in [-0.15, -0.1) is 0 Å². The molecule has 2 N–H and O–H groups in total. The Bertz CT molecular complexity index is 345. The van der Waals surface area contributed by atoms with E-state index in [4.69, 9.17) is 5.11 Å². The molecule has 2 amide bonds. The van der Waals surface area contributed by atoms with E-state index in [1.807, 2.05) is 4.90 Å². The Balaban J connectivity index is 2.23. The van der Waals surface area contributed by atoms with Gasteiger partial charge < -0.3 is 15.3 Å². The summed E-state index contributed by atoms with van der Waals surface area (Å²) in [5, 5.41) is 11.7. The zero-order valence-corrected chi connectivity index (χ0v) is 13.5. The summed E-state index contributed by atoms with van der Waals surface area (Å²) in [7, 11) is 0. The highest BCUT2D eigenvalue weighted by molar-refractivity contribution is 5.74. The summed E-state index contributed by atoms with van der Waals surface area (Å²) in [4.78, 5) is 27.0. The highest BCUT2D eigenvalue weighted by Gasteiger charge is 2.28. The molecule has 1 aliphatic rings. The molecule has 2 atom stereocenters. The molecule has 0 spiro atoms. The van der Waals surface area contributed by atoms with E-state index in [-0.39, 0.29) is 11.9 Å². The normalized spacial score (nSPS) is 19.8. The van der Waals surface area contributed by atoms with Crippen LogP contribution in [0, 0.1) is 5.92 Å². The summed E-state index contributed by atoms with van der Waals surface area (Å²) >= 11 is 0. The largest absolute Gasteiger partial charge is 0.481 e. The number of hydrogen-bond donors (Lipinski definition) is 2. The van der Waals surface area contributed by atoms with E-state index in [1.165, 1.54) is 0 Å². The quantitative estimate of drug-likeness (QED) is 0.668. The van der Waals surface area contributed by atoms with E-state index in [9.17, 15) is 9.59 Å². The van der Waals surface area contributed by atoms with Crippen LogP contribution >= 0.6 is 0 Å². The van der Waals surface area contributed by atoms with Crippen LogP contribution in [0.15, 0.2) is 0 Å². The van der Waals surface area contributed by atoms with Crippen molar-refractivity contribution in [2.75, 3.05) is 32.7 Å². The fraction of sp³-hybridized carbons (Fsp3) is 0.867. The molecule has 0 aliphatic carbocycles. The molecule has 6 nitrogen and oxygen atoms in total. The Morgan fingerprint density at radius 3 is 2.62 bits per heavy atom. The van der Waals surface area contributed by atoms with Crippen molar-refractivity contribution in [3.63, 3.8) is 0 Å². The number of carbonyl (C=O) groups is 2. The van der Waals surface area contributed by atoms with E-state index in [0.717, 1.165) is 32.6 Å². The van der Waals surface area contributed by atoms with E-state index < -0.39 is 5.97 Å². The lowest BCUT2D eigenvalue weighted by Crippen LogP contribution is -2.42. The van der Waals surface area contributed by atoms with Crippen LogP contribution in [-0.2, 0) is 4.79 Å². The zero-order chi connectivity index (χ0) is 15.8. The van der Waals surface area contributed by atoms with Crippen LogP contribution in [0.2, 0.25) is 0 Å². The smallest absolute Gasteiger partial charge is 0.317 e. The molecule has 1 rings (SSSR count). The van der Waals surface area contributed by atoms with Crippen molar-refractivity contribution >= 4 is 12.0 Å². The van der Waals surface area contributed by atoms with Crippen molar-refractivity contribution in [3.05, 3.63) is 0 Å². The Kier molecular flexibility index (Phi) is 7.50. The van der Waals surface area contributed by atoms with Crippen molar-refractivity contribution in [2.45, 2.75) is 46.1 Å². The third-order valence-electron chi connectivity index (χ3n) is 4.29. The van der Waals surface area contributed by atoms with Gasteiger partial charge in [0.15, 0.2) is 0 Å². The minimum absolute atomic E-state index is 0.0207. The third kappa shape index (κ3) is 5.53. The molecular weight excluding hydrogens is 270 g/mol. The summed E-state index contributed by atoms with van der Waals surface area (Å²) in [6.45, 7) is 10.2. The minimum atomic E-state index is -0.775. The molecule has 0 bridgehead atoms. The molecular formula is C15H29N3O3. The van der Waals surface area contributed by atoms with Gasteiger partial charge in [-0.25, -0.2) is 4.79 Å². The number of carbonyl (C=O) groups excluding carboxylic acids is 1. The summed E-state index contributed by atoms with van der Waals surface area (Å²) in [5.74, 6) is -1.12.